The Kier molecular flexibility index (Phi) is 54.2. The van der Waals surface area contributed by atoms with Crippen LogP contribution in [0.1, 0.15) is 228 Å². The van der Waals surface area contributed by atoms with Crippen molar-refractivity contribution in [2.75, 3.05) is 35.4 Å². The van der Waals surface area contributed by atoms with Gasteiger partial charge in [-0.15, -0.1) is 0 Å². The number of anilines is 4. The van der Waals surface area contributed by atoms with Crippen LogP contribution in [0, 0.1) is 18.3 Å². The number of rotatable bonds is 18. The zero-order valence-electron chi connectivity index (χ0n) is 64.7. The predicted octanol–water partition coefficient (Wildman–Crippen LogP) is 27.2. The minimum atomic E-state index is -4.85. The third-order valence-electron chi connectivity index (χ3n) is 16.2. The van der Waals surface area contributed by atoms with Crippen molar-refractivity contribution in [2.24, 2.45) is 0 Å². The third kappa shape index (κ3) is 32.7. The Bertz CT molecular complexity index is 6310. The highest BCUT2D eigenvalue weighted by atomic mass is 79.9. The zero-order chi connectivity index (χ0) is 93.0. The monoisotopic (exact) mass is 2190 g/mol. The Morgan fingerprint density at radius 3 is 0.841 bits per heavy atom. The van der Waals surface area contributed by atoms with Crippen molar-refractivity contribution in [1.29, 1.82) is 5.26 Å². The van der Waals surface area contributed by atoms with Crippen LogP contribution < -0.4 is 42.5 Å². The van der Waals surface area contributed by atoms with E-state index in [1.807, 2.05) is 19.9 Å². The number of pyridine rings is 4. The molecule has 12 aromatic rings. The van der Waals surface area contributed by atoms with Crippen LogP contribution >= 0.6 is 132 Å². The topological polar surface area (TPSA) is 379 Å². The molecule has 0 aliphatic carbocycles. The molecule has 0 atom stereocenters. The number of hydrogen-bond acceptors (Lipinski definition) is 17. The van der Waals surface area contributed by atoms with Crippen molar-refractivity contribution in [1.82, 2.24) is 80.3 Å². The molecule has 8 N–H and O–H groups in total. The highest BCUT2D eigenvalue weighted by molar-refractivity contribution is 9.10. The van der Waals surface area contributed by atoms with Gasteiger partial charge in [0.05, 0.1) is 91.8 Å². The van der Waals surface area contributed by atoms with Gasteiger partial charge in [-0.1, -0.05) is 205 Å². The molecule has 12 rings (SSSR count). The lowest BCUT2D eigenvalue weighted by Gasteiger charge is -2.15. The molecule has 49 heteroatoms. The van der Waals surface area contributed by atoms with Crippen LogP contribution in [-0.4, -0.2) is 132 Å². The summed E-state index contributed by atoms with van der Waals surface area (Å²) in [4.78, 5) is 118. The molecule has 0 saturated carbocycles. The number of nitrogens with one attached hydrogen (secondary N) is 8. The number of halogens is 20. The second kappa shape index (κ2) is 56.4. The molecule has 0 bridgehead atoms. The van der Waals surface area contributed by atoms with E-state index in [9.17, 15) is 77.9 Å². The summed E-state index contributed by atoms with van der Waals surface area (Å²) < 4.78 is 123. The lowest BCUT2D eigenvalue weighted by molar-refractivity contribution is -0.142. The number of aryl methyl sites for hydroxylation is 1. The zero-order valence-corrected chi connectivity index (χ0v) is 73.8. The summed E-state index contributed by atoms with van der Waals surface area (Å²) in [6, 6.07) is 27.1. The largest absolute Gasteiger partial charge is 0.435 e. The lowest BCUT2D eigenvalue weighted by atomic mass is 10.0. The van der Waals surface area contributed by atoms with Crippen LogP contribution in [0.5, 0.6) is 0 Å². The molecule has 0 spiro atoms. The number of hydrogen-bond donors (Lipinski definition) is 8. The lowest BCUT2D eigenvalue weighted by Crippen LogP contribution is -2.31. The van der Waals surface area contributed by atoms with E-state index < -0.39 is 99.9 Å². The van der Waals surface area contributed by atoms with Crippen molar-refractivity contribution in [3.63, 3.8) is 0 Å². The van der Waals surface area contributed by atoms with Gasteiger partial charge in [0.2, 0.25) is 0 Å². The molecule has 0 fully saturated rings. The maximum absolute atomic E-state index is 13.3. The van der Waals surface area contributed by atoms with Gasteiger partial charge in [0.25, 0.3) is 47.3 Å². The van der Waals surface area contributed by atoms with E-state index in [1.54, 1.807) is 26.0 Å². The molecule has 8 aromatic heterocycles. The minimum Gasteiger partial charge on any atom is -0.355 e. The molecule has 752 valence electrons. The quantitative estimate of drug-likeness (QED) is 0.0370. The van der Waals surface area contributed by atoms with Gasteiger partial charge in [0.15, 0.2) is 40.4 Å². The average molecular weight is 2200 g/mol. The van der Waals surface area contributed by atoms with Crippen molar-refractivity contribution in [3.05, 3.63) is 274 Å². The molecule has 4 aromatic carbocycles. The molecular weight excluding hydrogens is 2100 g/mol. The summed E-state index contributed by atoms with van der Waals surface area (Å²) in [7, 11) is 2.70. The van der Waals surface area contributed by atoms with E-state index in [2.05, 4.69) is 98.8 Å². The molecule has 8 amide bonds. The molecule has 0 radical (unpaired) electrons. The molecule has 0 unspecified atom stereocenters. The second-order valence-corrected chi connectivity index (χ2v) is 30.9. The predicted molar refractivity (Wildman–Crippen MR) is 538 cm³/mol. The number of alkyl halides is 9. The van der Waals surface area contributed by atoms with Gasteiger partial charge in [0, 0.05) is 90.3 Å². The number of carbonyl (C=O) groups excluding carboxylic acids is 8. The molecule has 0 saturated heterocycles. The summed E-state index contributed by atoms with van der Waals surface area (Å²) in [5, 5.41) is 44.4. The first-order valence-corrected chi connectivity index (χ1v) is 39.8. The Morgan fingerprint density at radius 2 is 0.594 bits per heavy atom. The smallest absolute Gasteiger partial charge is 0.355 e. The first-order valence-electron chi connectivity index (χ1n) is 35.2. The third-order valence-corrected chi connectivity index (χ3v) is 19.3. The van der Waals surface area contributed by atoms with Gasteiger partial charge in [-0.25, -0.2) is 38.7 Å². The van der Waals surface area contributed by atoms with Crippen LogP contribution in [0.4, 0.5) is 62.3 Å². The van der Waals surface area contributed by atoms with Gasteiger partial charge < -0.3 is 42.5 Å². The van der Waals surface area contributed by atoms with Crippen LogP contribution in [0.3, 0.4) is 0 Å². The number of amides is 8. The van der Waals surface area contributed by atoms with Crippen LogP contribution in [0.25, 0.3) is 23.3 Å². The normalized spacial score (nSPS) is 10.2. The van der Waals surface area contributed by atoms with Crippen molar-refractivity contribution in [3.8, 4) is 29.3 Å². The summed E-state index contributed by atoms with van der Waals surface area (Å²) in [6.45, 7) is 8.60. The number of benzene rings is 4. The first-order chi connectivity index (χ1) is 59.1. The highest BCUT2D eigenvalue weighted by Gasteiger charge is 2.41. The maximum atomic E-state index is 13.3. The summed E-state index contributed by atoms with van der Waals surface area (Å²) >= 11 is 64.1. The van der Waals surface area contributed by atoms with Crippen molar-refractivity contribution >= 4 is 202 Å². The van der Waals surface area contributed by atoms with Crippen LogP contribution in [0.15, 0.2) is 151 Å². The highest BCUT2D eigenvalue weighted by Crippen LogP contribution is 2.39. The summed E-state index contributed by atoms with van der Waals surface area (Å²) in [5.41, 5.74) is -5.14. The Hall–Kier alpha value is -11.7. The second-order valence-electron chi connectivity index (χ2n) is 26.0. The van der Waals surface area contributed by atoms with E-state index in [1.165, 1.54) is 141 Å². The SMILES string of the molecule is C.C.C.C.C.C.C.C.C.C.C.C.CC(C)NC(=O)c1cc(Cl)cc(Cl)c1NC(=O)c1cc(Br)nn1-c1ncccc1Cl.CC(C)NC(=O)c1cc(Cl)cc(Cl)c1NC(=O)c1cc(C(F)(F)F)nn1-c1ncccc1Cl.CNC(=O)c1cc(C#N)cc(C)c1NC(=O)c1cc(C(F)(F)F)nn1-c1ncccc1Cl.CNC(=O)c1cc(Cl)cc(Cl)c1NC(=O)c1cc(C(F)(F)F)nn1-c1ncccc1Cl. The van der Waals surface area contributed by atoms with E-state index in [0.717, 1.165) is 0 Å². The fourth-order valence-electron chi connectivity index (χ4n) is 10.8. The average Bonchev–Trinajstić information content (AvgIpc) is 1.52. The number of nitrogens with zero attached hydrogens (tertiary/aromatic N) is 13. The fraction of sp³-hybridized carbons (Fsp3) is 0.270. The Labute approximate surface area is 852 Å². The van der Waals surface area contributed by atoms with Crippen LogP contribution in [-0.2, 0) is 18.5 Å². The Balaban J connectivity index is -0.000000843. The molecular formula is C89H103BrCl10F9N21O8. The molecule has 8 heterocycles. The molecule has 0 aliphatic rings. The fourth-order valence-corrected chi connectivity index (χ4v) is 13.6. The minimum absolute atomic E-state index is 0. The van der Waals surface area contributed by atoms with Gasteiger partial charge in [-0.2, -0.15) is 65.2 Å². The molecule has 29 nitrogen and oxygen atoms in total. The van der Waals surface area contributed by atoms with Gasteiger partial charge in [-0.3, -0.25) is 38.4 Å². The van der Waals surface area contributed by atoms with E-state index in [4.69, 9.17) is 121 Å². The summed E-state index contributed by atoms with van der Waals surface area (Å²) in [6.07, 6.45) is -9.15. The van der Waals surface area contributed by atoms with E-state index >= 15 is 0 Å². The first kappa shape index (κ1) is 133. The molecule has 0 aliphatic heterocycles. The Morgan fingerprint density at radius 1 is 0.348 bits per heavy atom. The number of nitriles is 1. The van der Waals surface area contributed by atoms with Crippen LogP contribution in [0.2, 0.25) is 50.2 Å². The van der Waals surface area contributed by atoms with Gasteiger partial charge in [0.1, 0.15) is 27.4 Å². The van der Waals surface area contributed by atoms with Gasteiger partial charge in [-0.05, 0) is 153 Å². The maximum Gasteiger partial charge on any atom is 0.435 e. The van der Waals surface area contributed by atoms with E-state index in [-0.39, 0.29) is 226 Å². The van der Waals surface area contributed by atoms with Crippen molar-refractivity contribution in [2.45, 2.75) is 154 Å². The standard InChI is InChI=1S/C20H15Cl3F3N5O2.C20H14ClF3N6O2.C19H15BrCl3N5O2.C18H11Cl3F3N5O2.12CH4/c1-9(2)28-18(32)11-6-10(21)7-13(23)16(11)29-19(33)14-8-15(20(24,25)26)30-31(14)17-12(22)4-3-5-27-17;1-10-6-11(9-25)7-12(18(31)26-2)16(10)28-19(32)14-8-15(20(22,23)24)29-30(14)17-13(21)4-3-5-27-17;1-9(2)25-18(29)11-6-10(21)7-13(23)16(11)26-19(30)14-8-15(20)27-28(14)17-12(22)4-3-5-24-17;1-25-16(30)9-5-8(19)6-11(21)14(9)27-17(31)12-7-13(18(22,23)24)28-29(12)15-10(20)3-2-4-26-15;;;;;;;;;;;;/h3-9H,1-2H3,(H,28,32)(H,29,33);3-8H,1-2H3,(H,26,31)(H,28,32);3-9H,1-2H3,(H,25,29)(H,26,30);2-7H,1H3,(H,25,30)(H,27,31);12*1H4. The van der Waals surface area contributed by atoms with E-state index in [0.29, 0.717) is 47.4 Å². The number of aromatic nitrogens is 12. The van der Waals surface area contributed by atoms with Gasteiger partial charge >= 0.3 is 18.5 Å². The molecule has 138 heavy (non-hydrogen) atoms. The number of carbonyl (C=O) groups is 8. The summed E-state index contributed by atoms with van der Waals surface area (Å²) in [5.74, 6) is -6.19. The van der Waals surface area contributed by atoms with Crippen molar-refractivity contribution < 1.29 is 77.9 Å².